The molecule has 0 bridgehead atoms. The molecular formula is C16H15ClFNO5S. The van der Waals surface area contributed by atoms with E-state index in [1.807, 2.05) is 0 Å². The molecule has 0 fully saturated rings. The van der Waals surface area contributed by atoms with Crippen LogP contribution in [-0.4, -0.2) is 33.1 Å². The molecule has 134 valence electrons. The highest BCUT2D eigenvalue weighted by Gasteiger charge is 2.29. The number of carbonyl (C=O) groups is 1. The van der Waals surface area contributed by atoms with Gasteiger partial charge in [-0.1, -0.05) is 17.7 Å². The van der Waals surface area contributed by atoms with Gasteiger partial charge in [-0.2, -0.15) is 0 Å². The second-order valence-electron chi connectivity index (χ2n) is 5.13. The third-order valence-electron chi connectivity index (χ3n) is 3.43. The van der Waals surface area contributed by atoms with Crippen molar-refractivity contribution in [2.75, 3.05) is 18.0 Å². The standard InChI is InChI=1S/C16H15ClFNO5S/c1-10-3-4-11(17)7-14(10)19(9-16(20)21)25(22,23)12-5-6-15(24-2)13(18)8-12/h3-8H,9H2,1-2H3,(H,20,21). The Bertz CT molecular complexity index is 917. The topological polar surface area (TPSA) is 83.9 Å². The predicted molar refractivity (Wildman–Crippen MR) is 91.3 cm³/mol. The van der Waals surface area contributed by atoms with Gasteiger partial charge in [0.15, 0.2) is 11.6 Å². The molecule has 0 radical (unpaired) electrons. The molecule has 2 rings (SSSR count). The van der Waals surface area contributed by atoms with Gasteiger partial charge in [-0.3, -0.25) is 9.10 Å². The number of benzene rings is 2. The summed E-state index contributed by atoms with van der Waals surface area (Å²) in [6.45, 7) is 0.780. The number of methoxy groups -OCH3 is 1. The molecule has 0 aromatic heterocycles. The summed E-state index contributed by atoms with van der Waals surface area (Å²) in [5, 5.41) is 9.36. The number of sulfonamides is 1. The first kappa shape index (κ1) is 19.0. The summed E-state index contributed by atoms with van der Waals surface area (Å²) in [5.41, 5.74) is 0.606. The highest BCUT2D eigenvalue weighted by Crippen LogP contribution is 2.30. The first-order valence-corrected chi connectivity index (χ1v) is 8.83. The summed E-state index contributed by atoms with van der Waals surface area (Å²) >= 11 is 5.91. The Kier molecular flexibility index (Phi) is 5.54. The lowest BCUT2D eigenvalue weighted by atomic mass is 10.2. The maximum atomic E-state index is 13.9. The Morgan fingerprint density at radius 1 is 1.28 bits per heavy atom. The molecule has 1 N–H and O–H groups in total. The minimum absolute atomic E-state index is 0.103. The van der Waals surface area contributed by atoms with Crippen LogP contribution in [0.4, 0.5) is 10.1 Å². The van der Waals surface area contributed by atoms with Crippen LogP contribution in [0.5, 0.6) is 5.75 Å². The van der Waals surface area contributed by atoms with Crippen molar-refractivity contribution in [3.63, 3.8) is 0 Å². The van der Waals surface area contributed by atoms with E-state index in [1.165, 1.54) is 13.2 Å². The fourth-order valence-corrected chi connectivity index (χ4v) is 3.86. The zero-order chi connectivity index (χ0) is 18.8. The number of ether oxygens (including phenoxy) is 1. The lowest BCUT2D eigenvalue weighted by molar-refractivity contribution is -0.135. The largest absolute Gasteiger partial charge is 0.494 e. The quantitative estimate of drug-likeness (QED) is 0.823. The maximum Gasteiger partial charge on any atom is 0.324 e. The van der Waals surface area contributed by atoms with Crippen LogP contribution >= 0.6 is 11.6 Å². The molecule has 0 aliphatic carbocycles. The van der Waals surface area contributed by atoms with Crippen molar-refractivity contribution in [3.05, 3.63) is 52.8 Å². The normalized spacial score (nSPS) is 11.2. The number of hydrogen-bond acceptors (Lipinski definition) is 4. The van der Waals surface area contributed by atoms with E-state index in [-0.39, 0.29) is 16.5 Å². The number of nitrogens with zero attached hydrogens (tertiary/aromatic N) is 1. The van der Waals surface area contributed by atoms with E-state index >= 15 is 0 Å². The van der Waals surface area contributed by atoms with Gasteiger partial charge in [0.1, 0.15) is 6.54 Å². The first-order valence-electron chi connectivity index (χ1n) is 7.01. The molecule has 6 nitrogen and oxygen atoms in total. The van der Waals surface area contributed by atoms with Crippen LogP contribution in [-0.2, 0) is 14.8 Å². The Labute approximate surface area is 149 Å². The van der Waals surface area contributed by atoms with Crippen LogP contribution in [0, 0.1) is 12.7 Å². The molecule has 2 aromatic carbocycles. The molecular weight excluding hydrogens is 373 g/mol. The van der Waals surface area contributed by atoms with E-state index in [4.69, 9.17) is 21.4 Å². The van der Waals surface area contributed by atoms with E-state index in [2.05, 4.69) is 0 Å². The summed E-state index contributed by atoms with van der Waals surface area (Å²) < 4.78 is 45.1. The average Bonchev–Trinajstić information content (AvgIpc) is 2.54. The second kappa shape index (κ2) is 7.28. The third kappa shape index (κ3) is 4.02. The van der Waals surface area contributed by atoms with E-state index in [0.29, 0.717) is 9.87 Å². The molecule has 0 heterocycles. The lowest BCUT2D eigenvalue weighted by Crippen LogP contribution is -2.36. The number of hydrogen-bond donors (Lipinski definition) is 1. The van der Waals surface area contributed by atoms with Gasteiger partial charge in [0.05, 0.1) is 17.7 Å². The Hall–Kier alpha value is -2.32. The maximum absolute atomic E-state index is 13.9. The minimum Gasteiger partial charge on any atom is -0.494 e. The van der Waals surface area contributed by atoms with Crippen molar-refractivity contribution in [3.8, 4) is 5.75 Å². The lowest BCUT2D eigenvalue weighted by Gasteiger charge is -2.24. The van der Waals surface area contributed by atoms with Crippen LogP contribution in [0.3, 0.4) is 0 Å². The van der Waals surface area contributed by atoms with Crippen LogP contribution in [0.25, 0.3) is 0 Å². The van der Waals surface area contributed by atoms with E-state index < -0.39 is 33.3 Å². The van der Waals surface area contributed by atoms with Gasteiger partial charge >= 0.3 is 5.97 Å². The predicted octanol–water partition coefficient (Wildman–Crippen LogP) is 3.08. The monoisotopic (exact) mass is 387 g/mol. The van der Waals surface area contributed by atoms with Gasteiger partial charge in [-0.05, 0) is 42.8 Å². The van der Waals surface area contributed by atoms with Gasteiger partial charge in [0.2, 0.25) is 0 Å². The Morgan fingerprint density at radius 2 is 1.96 bits per heavy atom. The van der Waals surface area contributed by atoms with Gasteiger partial charge in [-0.25, -0.2) is 12.8 Å². The number of rotatable bonds is 6. The van der Waals surface area contributed by atoms with Crippen LogP contribution < -0.4 is 9.04 Å². The first-order chi connectivity index (χ1) is 11.7. The van der Waals surface area contributed by atoms with Crippen molar-refractivity contribution < 1.29 is 27.4 Å². The molecule has 0 aliphatic rings. The van der Waals surface area contributed by atoms with E-state index in [9.17, 15) is 17.6 Å². The molecule has 2 aromatic rings. The van der Waals surface area contributed by atoms with E-state index in [0.717, 1.165) is 18.2 Å². The van der Waals surface area contributed by atoms with Gasteiger partial charge in [0, 0.05) is 5.02 Å². The third-order valence-corrected chi connectivity index (χ3v) is 5.42. The number of aliphatic carboxylic acids is 1. The highest BCUT2D eigenvalue weighted by molar-refractivity contribution is 7.92. The molecule has 0 spiro atoms. The average molecular weight is 388 g/mol. The van der Waals surface area contributed by atoms with Crippen molar-refractivity contribution in [1.29, 1.82) is 0 Å². The molecule has 9 heteroatoms. The molecule has 0 saturated heterocycles. The summed E-state index contributed by atoms with van der Waals surface area (Å²) in [7, 11) is -3.09. The fourth-order valence-electron chi connectivity index (χ4n) is 2.21. The van der Waals surface area contributed by atoms with Crippen molar-refractivity contribution >= 4 is 33.3 Å². The minimum atomic E-state index is -4.34. The molecule has 0 atom stereocenters. The number of halogens is 2. The summed E-state index contributed by atoms with van der Waals surface area (Å²) in [6, 6.07) is 7.55. The molecule has 0 unspecified atom stereocenters. The number of carboxylic acid groups (broad SMARTS) is 1. The highest BCUT2D eigenvalue weighted by atomic mass is 35.5. The summed E-state index contributed by atoms with van der Waals surface area (Å²) in [6.07, 6.45) is 0. The second-order valence-corrected chi connectivity index (χ2v) is 7.43. The summed E-state index contributed by atoms with van der Waals surface area (Å²) in [4.78, 5) is 10.8. The van der Waals surface area contributed by atoms with Crippen molar-refractivity contribution in [1.82, 2.24) is 0 Å². The zero-order valence-electron chi connectivity index (χ0n) is 13.4. The Morgan fingerprint density at radius 3 is 2.52 bits per heavy atom. The van der Waals surface area contributed by atoms with Crippen LogP contribution in [0.1, 0.15) is 5.56 Å². The van der Waals surface area contributed by atoms with Gasteiger partial charge < -0.3 is 9.84 Å². The molecule has 25 heavy (non-hydrogen) atoms. The number of carboxylic acids is 1. The number of anilines is 1. The van der Waals surface area contributed by atoms with Crippen LogP contribution in [0.15, 0.2) is 41.3 Å². The van der Waals surface area contributed by atoms with Crippen LogP contribution in [0.2, 0.25) is 5.02 Å². The Balaban J connectivity index is 2.62. The number of aryl methyl sites for hydroxylation is 1. The SMILES string of the molecule is COc1ccc(S(=O)(=O)N(CC(=O)O)c2cc(Cl)ccc2C)cc1F. The van der Waals surface area contributed by atoms with Gasteiger partial charge in [-0.15, -0.1) is 0 Å². The van der Waals surface area contributed by atoms with Crippen molar-refractivity contribution in [2.24, 2.45) is 0 Å². The molecule has 0 saturated carbocycles. The zero-order valence-corrected chi connectivity index (χ0v) is 14.9. The fraction of sp³-hybridized carbons (Fsp3) is 0.188. The van der Waals surface area contributed by atoms with Gasteiger partial charge in [0.25, 0.3) is 10.0 Å². The van der Waals surface area contributed by atoms with E-state index in [1.54, 1.807) is 19.1 Å². The smallest absolute Gasteiger partial charge is 0.324 e. The molecule has 0 amide bonds. The summed E-state index contributed by atoms with van der Waals surface area (Å²) in [5.74, 6) is -2.36. The van der Waals surface area contributed by atoms with Crippen molar-refractivity contribution in [2.45, 2.75) is 11.8 Å². The molecule has 0 aliphatic heterocycles.